The van der Waals surface area contributed by atoms with Crippen LogP contribution in [-0.2, 0) is 9.59 Å². The largest absolute Gasteiger partial charge is 0.417 e. The molecule has 4 nitrogen and oxygen atoms in total. The quantitative estimate of drug-likeness (QED) is 0.359. The first-order valence-electron chi connectivity index (χ1n) is 13.0. The van der Waals surface area contributed by atoms with E-state index in [0.29, 0.717) is 12.8 Å². The van der Waals surface area contributed by atoms with Crippen LogP contribution in [0.4, 0.5) is 52.7 Å². The van der Waals surface area contributed by atoms with Crippen molar-refractivity contribution in [3.8, 4) is 0 Å². The maximum Gasteiger partial charge on any atom is 0.417 e. The Morgan fingerprint density at radius 3 is 1.80 bits per heavy atom. The monoisotopic (exact) mass is 616 g/mol. The lowest BCUT2D eigenvalue weighted by Gasteiger charge is -2.59. The van der Waals surface area contributed by atoms with Gasteiger partial charge in [0, 0.05) is 17.4 Å². The Labute approximate surface area is 226 Å². The van der Waals surface area contributed by atoms with E-state index < -0.39 is 76.7 Å². The number of nitrogens with one attached hydrogen (secondary N) is 1. The molecule has 0 aromatic carbocycles. The van der Waals surface area contributed by atoms with Crippen LogP contribution < -0.4 is 5.32 Å². The summed E-state index contributed by atoms with van der Waals surface area (Å²) in [5.41, 5.74) is -2.01. The fraction of sp³-hybridized carbons (Fsp3) is 0.840. The van der Waals surface area contributed by atoms with Gasteiger partial charge >= 0.3 is 24.7 Å². The van der Waals surface area contributed by atoms with Crippen LogP contribution in [0, 0.1) is 34.5 Å². The van der Waals surface area contributed by atoms with Gasteiger partial charge in [-0.25, -0.2) is 0 Å². The van der Waals surface area contributed by atoms with Gasteiger partial charge < -0.3 is 10.2 Å². The zero-order valence-corrected chi connectivity index (χ0v) is 21.7. The molecule has 0 radical (unpaired) electrons. The average Bonchev–Trinajstić information content (AvgIpc) is 3.12. The third kappa shape index (κ3) is 5.29. The summed E-state index contributed by atoms with van der Waals surface area (Å²) in [5, 5.41) is 2.87. The lowest BCUT2D eigenvalue weighted by molar-refractivity contribution is -0.337. The zero-order valence-electron chi connectivity index (χ0n) is 21.7. The third-order valence-electron chi connectivity index (χ3n) is 10.0. The first-order valence-corrected chi connectivity index (χ1v) is 13.0. The van der Waals surface area contributed by atoms with Gasteiger partial charge in [-0.05, 0) is 67.8 Å². The van der Waals surface area contributed by atoms with Gasteiger partial charge in [0.15, 0.2) is 0 Å². The average molecular weight is 616 g/mol. The minimum absolute atomic E-state index is 0.0153. The van der Waals surface area contributed by atoms with Gasteiger partial charge in [-0.3, -0.25) is 9.59 Å². The first kappa shape index (κ1) is 31.8. The summed E-state index contributed by atoms with van der Waals surface area (Å²) in [6, 6.07) is -10.9. The molecule has 1 heterocycles. The molecule has 4 rings (SSSR count). The number of carbonyl (C=O) groups is 2. The van der Waals surface area contributed by atoms with Crippen molar-refractivity contribution < 1.29 is 62.3 Å². The van der Waals surface area contributed by atoms with Gasteiger partial charge in [0.25, 0.3) is 0 Å². The number of fused-ring (bicyclic) bond motifs is 5. The first-order chi connectivity index (χ1) is 18.4. The molecule has 16 heteroatoms. The molecule has 0 saturated heterocycles. The number of amides is 2. The summed E-state index contributed by atoms with van der Waals surface area (Å²) in [4.78, 5) is 23.3. The summed E-state index contributed by atoms with van der Waals surface area (Å²) in [6.07, 6.45) is -22.9. The van der Waals surface area contributed by atoms with Crippen molar-refractivity contribution in [2.24, 2.45) is 34.5 Å². The molecular weight excluding hydrogens is 588 g/mol. The molecule has 3 saturated carbocycles. The molecule has 0 bridgehead atoms. The fourth-order valence-electron chi connectivity index (χ4n) is 8.32. The second-order valence-electron chi connectivity index (χ2n) is 12.1. The highest BCUT2D eigenvalue weighted by molar-refractivity contribution is 5.89. The molecule has 7 atom stereocenters. The highest BCUT2D eigenvalue weighted by Crippen LogP contribution is 2.65. The van der Waals surface area contributed by atoms with Crippen LogP contribution in [0.2, 0.25) is 0 Å². The molecule has 1 N–H and O–H groups in total. The normalized spacial score (nSPS) is 36.1. The van der Waals surface area contributed by atoms with Gasteiger partial charge in [0.2, 0.25) is 23.9 Å². The standard InChI is InChI=1S/C25H28F12N2O2/c1-20-9-7-13-11(3-6-15-21(13,2)10-8-16(40)38-15)12(20)4-5-14(20)17(41)39(18(22(26,27)28)23(29,30)31)19(24(32,33)34)25(35,36)37/h8,10-15,18-19H,3-7,9H2,1-2H3,(H,38,40)/t11-,12-,13-,14+,15+,20-,21+/m0/s1. The zero-order chi connectivity index (χ0) is 31.1. The van der Waals surface area contributed by atoms with Crippen molar-refractivity contribution in [2.45, 2.75) is 95.2 Å². The highest BCUT2D eigenvalue weighted by Gasteiger charge is 2.72. The van der Waals surface area contributed by atoms with E-state index in [1.54, 1.807) is 6.08 Å². The van der Waals surface area contributed by atoms with E-state index in [-0.39, 0.29) is 43.0 Å². The number of nitrogens with zero attached hydrogens (tertiary/aromatic N) is 1. The molecule has 0 spiro atoms. The lowest BCUT2D eigenvalue weighted by atomic mass is 9.48. The maximum absolute atomic E-state index is 13.6. The minimum atomic E-state index is -6.68. The molecule has 4 aliphatic rings. The molecule has 2 amide bonds. The molecular formula is C25H28F12N2O2. The van der Waals surface area contributed by atoms with E-state index >= 15 is 0 Å². The molecule has 3 aliphatic carbocycles. The van der Waals surface area contributed by atoms with Crippen LogP contribution in [0.5, 0.6) is 0 Å². The van der Waals surface area contributed by atoms with E-state index in [0.717, 1.165) is 0 Å². The number of halogens is 12. The van der Waals surface area contributed by atoms with E-state index in [2.05, 4.69) is 5.32 Å². The topological polar surface area (TPSA) is 49.4 Å². The van der Waals surface area contributed by atoms with Crippen LogP contribution in [0.15, 0.2) is 12.2 Å². The van der Waals surface area contributed by atoms with Gasteiger partial charge in [0.05, 0.1) is 0 Å². The second kappa shape index (κ2) is 9.68. The molecule has 0 aromatic rings. The lowest BCUT2D eigenvalue weighted by Crippen LogP contribution is -2.68. The molecule has 0 unspecified atom stereocenters. The smallest absolute Gasteiger partial charge is 0.349 e. The number of rotatable bonds is 3. The maximum atomic E-state index is 13.6. The Morgan fingerprint density at radius 1 is 0.805 bits per heavy atom. The number of hydrogen-bond acceptors (Lipinski definition) is 2. The molecule has 1 aliphatic heterocycles. The van der Waals surface area contributed by atoms with Gasteiger partial charge in [-0.2, -0.15) is 52.7 Å². The van der Waals surface area contributed by atoms with Crippen molar-refractivity contribution in [1.29, 1.82) is 0 Å². The Morgan fingerprint density at radius 2 is 1.32 bits per heavy atom. The Balaban J connectivity index is 1.76. The van der Waals surface area contributed by atoms with E-state index in [4.69, 9.17) is 0 Å². The summed E-state index contributed by atoms with van der Waals surface area (Å²) in [5.74, 6) is -5.64. The van der Waals surface area contributed by atoms with E-state index in [9.17, 15) is 62.3 Å². The van der Waals surface area contributed by atoms with Crippen LogP contribution in [0.25, 0.3) is 0 Å². The SMILES string of the molecule is C[C@]12C=CC(=O)N[C@@H]1CC[C@@H]1[C@@H]2CC[C@]2(C)[C@@H](C(=O)N(C(C(F)(F)F)C(F)(F)F)C(C(F)(F)F)C(F)(F)F)CC[C@@H]12. The van der Waals surface area contributed by atoms with Gasteiger partial charge in [-0.15, -0.1) is 0 Å². The Hall–Kier alpha value is -2.16. The number of hydrogen-bond donors (Lipinski definition) is 1. The van der Waals surface area contributed by atoms with E-state index in [1.165, 1.54) is 13.0 Å². The molecule has 234 valence electrons. The summed E-state index contributed by atoms with van der Waals surface area (Å²) in [7, 11) is 0. The number of alkyl halides is 12. The minimum Gasteiger partial charge on any atom is -0.349 e. The van der Waals surface area contributed by atoms with Crippen molar-refractivity contribution >= 4 is 11.8 Å². The predicted octanol–water partition coefficient (Wildman–Crippen LogP) is 6.71. The van der Waals surface area contributed by atoms with Crippen LogP contribution in [0.1, 0.15) is 52.4 Å². The Bertz CT molecular complexity index is 1020. The van der Waals surface area contributed by atoms with Crippen molar-refractivity contribution in [3.63, 3.8) is 0 Å². The highest BCUT2D eigenvalue weighted by atomic mass is 19.4. The molecule has 41 heavy (non-hydrogen) atoms. The van der Waals surface area contributed by atoms with E-state index in [1.807, 2.05) is 6.92 Å². The molecule has 0 aromatic heterocycles. The van der Waals surface area contributed by atoms with Crippen molar-refractivity contribution in [2.75, 3.05) is 0 Å². The second-order valence-corrected chi connectivity index (χ2v) is 12.1. The van der Waals surface area contributed by atoms with Crippen molar-refractivity contribution in [3.05, 3.63) is 12.2 Å². The van der Waals surface area contributed by atoms with Gasteiger partial charge in [0.1, 0.15) is 0 Å². The van der Waals surface area contributed by atoms with Crippen LogP contribution >= 0.6 is 0 Å². The predicted molar refractivity (Wildman–Crippen MR) is 118 cm³/mol. The third-order valence-corrected chi connectivity index (χ3v) is 10.0. The van der Waals surface area contributed by atoms with Gasteiger partial charge in [-0.1, -0.05) is 19.9 Å². The molecule has 3 fully saturated rings. The summed E-state index contributed by atoms with van der Waals surface area (Å²) >= 11 is 0. The fourth-order valence-corrected chi connectivity index (χ4v) is 8.32. The van der Waals surface area contributed by atoms with Crippen molar-refractivity contribution in [1.82, 2.24) is 10.2 Å². The van der Waals surface area contributed by atoms with Crippen LogP contribution in [0.3, 0.4) is 0 Å². The van der Waals surface area contributed by atoms with Crippen LogP contribution in [-0.4, -0.2) is 59.5 Å². The number of carbonyl (C=O) groups excluding carboxylic acids is 2. The summed E-state index contributed by atoms with van der Waals surface area (Å²) < 4.78 is 164. The summed E-state index contributed by atoms with van der Waals surface area (Å²) in [6.45, 7) is 3.25. The Kier molecular flexibility index (Phi) is 7.50.